The molecular weight excluding hydrogens is 430 g/mol. The van der Waals surface area contributed by atoms with Crippen molar-refractivity contribution in [2.75, 3.05) is 11.4 Å². The van der Waals surface area contributed by atoms with Crippen LogP contribution in [0.4, 0.5) is 5.82 Å². The van der Waals surface area contributed by atoms with Crippen molar-refractivity contribution in [1.82, 2.24) is 9.71 Å². The van der Waals surface area contributed by atoms with E-state index in [1.807, 2.05) is 18.7 Å². The number of aromatic nitrogens is 1. The van der Waals surface area contributed by atoms with Gasteiger partial charge >= 0.3 is 0 Å². The second-order valence-electron chi connectivity index (χ2n) is 8.81. The van der Waals surface area contributed by atoms with Gasteiger partial charge in [-0.15, -0.1) is 5.11 Å². The Labute approximate surface area is 186 Å². The number of benzene rings is 1. The molecule has 2 aromatic rings. The summed E-state index contributed by atoms with van der Waals surface area (Å²) in [5.41, 5.74) is -1.76. The molecule has 0 bridgehead atoms. The largest absolute Gasteiger partial charge is 0.360 e. The standard InChI is InChI=1S/C22H25N5O4S/c1-15-13-21(2,3)27(14-15)19-17(9-10-18(24-19)22(29)11-12-23-26-22)20(28)25-32(30,31)16-7-5-4-6-8-16/h4-12,15,29H,13-14H2,1-3H3,(H,25,28)/t15-,22?/m0/s1. The Morgan fingerprint density at radius 3 is 2.50 bits per heavy atom. The Morgan fingerprint density at radius 2 is 1.91 bits per heavy atom. The summed E-state index contributed by atoms with van der Waals surface area (Å²) >= 11 is 0. The normalized spacial score (nSPS) is 24.1. The minimum Gasteiger partial charge on any atom is -0.360 e. The molecule has 2 aliphatic rings. The molecule has 0 aliphatic carbocycles. The van der Waals surface area contributed by atoms with Crippen molar-refractivity contribution in [3.8, 4) is 0 Å². The first-order valence-electron chi connectivity index (χ1n) is 10.3. The zero-order valence-electron chi connectivity index (χ0n) is 18.1. The first kappa shape index (κ1) is 22.1. The molecule has 0 radical (unpaired) electrons. The number of rotatable bonds is 5. The fourth-order valence-corrected chi connectivity index (χ4v) is 5.25. The molecule has 4 rings (SSSR count). The van der Waals surface area contributed by atoms with E-state index in [4.69, 9.17) is 0 Å². The Balaban J connectivity index is 1.77. The van der Waals surface area contributed by atoms with Crippen LogP contribution in [0, 0.1) is 5.92 Å². The van der Waals surface area contributed by atoms with E-state index in [0.29, 0.717) is 18.3 Å². The summed E-state index contributed by atoms with van der Waals surface area (Å²) in [5, 5.41) is 18.3. The van der Waals surface area contributed by atoms with E-state index in [1.165, 1.54) is 36.5 Å². The Hall–Kier alpha value is -3.11. The number of sulfonamides is 1. The summed E-state index contributed by atoms with van der Waals surface area (Å²) in [4.78, 5) is 19.7. The third-order valence-electron chi connectivity index (χ3n) is 5.69. The molecule has 2 N–H and O–H groups in total. The van der Waals surface area contributed by atoms with Crippen LogP contribution in [0.1, 0.15) is 43.2 Å². The minimum atomic E-state index is -4.07. The average molecular weight is 456 g/mol. The van der Waals surface area contributed by atoms with E-state index in [2.05, 4.69) is 26.9 Å². The van der Waals surface area contributed by atoms with Gasteiger partial charge in [0.1, 0.15) is 11.5 Å². The van der Waals surface area contributed by atoms with Crippen LogP contribution in [0.3, 0.4) is 0 Å². The molecule has 0 spiro atoms. The Morgan fingerprint density at radius 1 is 1.19 bits per heavy atom. The van der Waals surface area contributed by atoms with E-state index in [1.54, 1.807) is 18.2 Å². The fraction of sp³-hybridized carbons (Fsp3) is 0.364. The van der Waals surface area contributed by atoms with Crippen LogP contribution in [0.15, 0.2) is 69.9 Å². The summed E-state index contributed by atoms with van der Waals surface area (Å²) in [7, 11) is -4.07. The van der Waals surface area contributed by atoms with Gasteiger partial charge in [-0.1, -0.05) is 25.1 Å². The maximum absolute atomic E-state index is 13.1. The number of aliphatic hydroxyl groups is 1. The predicted octanol–water partition coefficient (Wildman–Crippen LogP) is 2.95. The summed E-state index contributed by atoms with van der Waals surface area (Å²) < 4.78 is 27.6. The third kappa shape index (κ3) is 4.03. The topological polar surface area (TPSA) is 124 Å². The minimum absolute atomic E-state index is 0.0135. The third-order valence-corrected chi connectivity index (χ3v) is 7.04. The Bertz CT molecular complexity index is 1200. The van der Waals surface area contributed by atoms with Crippen molar-refractivity contribution >= 4 is 21.7 Å². The van der Waals surface area contributed by atoms with Gasteiger partial charge in [0.15, 0.2) is 0 Å². The maximum Gasteiger partial charge on any atom is 0.268 e. The quantitative estimate of drug-likeness (QED) is 0.714. The molecule has 1 unspecified atom stereocenters. The molecule has 1 fully saturated rings. The van der Waals surface area contributed by atoms with Gasteiger partial charge < -0.3 is 10.0 Å². The second-order valence-corrected chi connectivity index (χ2v) is 10.5. The van der Waals surface area contributed by atoms with Crippen molar-refractivity contribution in [3.63, 3.8) is 0 Å². The lowest BCUT2D eigenvalue weighted by atomic mass is 9.97. The van der Waals surface area contributed by atoms with Gasteiger partial charge in [-0.3, -0.25) is 4.79 Å². The van der Waals surface area contributed by atoms with Gasteiger partial charge in [-0.2, -0.15) is 5.11 Å². The number of nitrogens with one attached hydrogen (secondary N) is 1. The second kappa shape index (κ2) is 7.79. The van der Waals surface area contributed by atoms with Crippen LogP contribution >= 0.6 is 0 Å². The van der Waals surface area contributed by atoms with Crippen molar-refractivity contribution in [1.29, 1.82) is 0 Å². The van der Waals surface area contributed by atoms with Crippen LogP contribution in [0.25, 0.3) is 0 Å². The maximum atomic E-state index is 13.1. The number of azo groups is 1. The number of nitrogens with zero attached hydrogens (tertiary/aromatic N) is 4. The van der Waals surface area contributed by atoms with Gasteiger partial charge in [-0.25, -0.2) is 18.1 Å². The van der Waals surface area contributed by atoms with Crippen LogP contribution < -0.4 is 9.62 Å². The number of amides is 1. The van der Waals surface area contributed by atoms with E-state index in [0.717, 1.165) is 6.42 Å². The lowest BCUT2D eigenvalue weighted by Gasteiger charge is -2.34. The van der Waals surface area contributed by atoms with Crippen LogP contribution in [-0.2, 0) is 15.7 Å². The number of hydrogen-bond donors (Lipinski definition) is 2. The van der Waals surface area contributed by atoms with Gasteiger partial charge in [0.2, 0.25) is 5.72 Å². The predicted molar refractivity (Wildman–Crippen MR) is 118 cm³/mol. The number of carbonyl (C=O) groups excluding carboxylic acids is 1. The van der Waals surface area contributed by atoms with Gasteiger partial charge in [0, 0.05) is 12.1 Å². The molecule has 2 atom stereocenters. The highest BCUT2D eigenvalue weighted by Gasteiger charge is 2.40. The number of hydrogen-bond acceptors (Lipinski definition) is 8. The van der Waals surface area contributed by atoms with Gasteiger partial charge in [0.05, 0.1) is 16.7 Å². The Kier molecular flexibility index (Phi) is 5.38. The molecule has 32 heavy (non-hydrogen) atoms. The fourth-order valence-electron chi connectivity index (χ4n) is 4.26. The molecule has 1 amide bonds. The lowest BCUT2D eigenvalue weighted by molar-refractivity contribution is 0.0924. The van der Waals surface area contributed by atoms with Gasteiger partial charge in [0.25, 0.3) is 15.9 Å². The molecule has 3 heterocycles. The lowest BCUT2D eigenvalue weighted by Crippen LogP contribution is -2.41. The molecule has 0 saturated carbocycles. The van der Waals surface area contributed by atoms with Crippen molar-refractivity contribution in [2.45, 2.75) is 43.4 Å². The number of pyridine rings is 1. The van der Waals surface area contributed by atoms with Crippen molar-refractivity contribution in [2.24, 2.45) is 16.1 Å². The zero-order valence-corrected chi connectivity index (χ0v) is 18.9. The van der Waals surface area contributed by atoms with Crippen LogP contribution in [-0.4, -0.2) is 36.5 Å². The SMILES string of the molecule is C[C@@H]1CN(c2nc(C3(O)C=CN=N3)ccc2C(=O)NS(=O)(=O)c2ccccc2)C(C)(C)C1. The summed E-state index contributed by atoms with van der Waals surface area (Å²) in [6.07, 6.45) is 3.64. The molecule has 1 saturated heterocycles. The molecule has 1 aromatic heterocycles. The van der Waals surface area contributed by atoms with E-state index < -0.39 is 21.7 Å². The van der Waals surface area contributed by atoms with E-state index in [-0.39, 0.29) is 21.7 Å². The van der Waals surface area contributed by atoms with Crippen LogP contribution in [0.2, 0.25) is 0 Å². The highest BCUT2D eigenvalue weighted by atomic mass is 32.2. The molecular formula is C22H25N5O4S. The van der Waals surface area contributed by atoms with Crippen molar-refractivity contribution in [3.05, 3.63) is 66.0 Å². The molecule has 9 nitrogen and oxygen atoms in total. The summed E-state index contributed by atoms with van der Waals surface area (Å²) in [6.45, 7) is 6.81. The number of carbonyl (C=O) groups is 1. The van der Waals surface area contributed by atoms with Gasteiger partial charge in [-0.05, 0) is 56.5 Å². The highest BCUT2D eigenvalue weighted by molar-refractivity contribution is 7.90. The average Bonchev–Trinajstić information content (AvgIpc) is 3.30. The summed E-state index contributed by atoms with van der Waals surface area (Å²) in [5.74, 6) is -0.163. The highest BCUT2D eigenvalue weighted by Crippen LogP contribution is 2.39. The van der Waals surface area contributed by atoms with Crippen molar-refractivity contribution < 1.29 is 18.3 Å². The van der Waals surface area contributed by atoms with E-state index in [9.17, 15) is 18.3 Å². The van der Waals surface area contributed by atoms with Crippen LogP contribution in [0.5, 0.6) is 0 Å². The molecule has 168 valence electrons. The monoisotopic (exact) mass is 455 g/mol. The van der Waals surface area contributed by atoms with E-state index >= 15 is 0 Å². The number of anilines is 1. The summed E-state index contributed by atoms with van der Waals surface area (Å²) in [6, 6.07) is 10.6. The zero-order chi connectivity index (χ0) is 23.1. The molecule has 1 aromatic carbocycles. The first-order valence-corrected chi connectivity index (χ1v) is 11.7. The smallest absolute Gasteiger partial charge is 0.268 e. The molecule has 10 heteroatoms. The molecule has 2 aliphatic heterocycles. The first-order chi connectivity index (χ1) is 15.0.